The van der Waals surface area contributed by atoms with Crippen LogP contribution in [0.1, 0.15) is 22.7 Å². The van der Waals surface area contributed by atoms with Gasteiger partial charge in [-0.15, -0.1) is 11.3 Å². The van der Waals surface area contributed by atoms with Crippen molar-refractivity contribution in [3.63, 3.8) is 0 Å². The number of benzene rings is 1. The SMILES string of the molecule is CNC(CCc1ccccc1)Cc1csc(C)n1. The average Bonchev–Trinajstić information content (AvgIpc) is 2.81. The van der Waals surface area contributed by atoms with Crippen molar-refractivity contribution in [2.24, 2.45) is 0 Å². The first-order valence-corrected chi connectivity index (χ1v) is 7.28. The molecule has 1 aromatic heterocycles. The quantitative estimate of drug-likeness (QED) is 0.862. The fourth-order valence-electron chi connectivity index (χ4n) is 2.09. The zero-order valence-corrected chi connectivity index (χ0v) is 11.8. The molecule has 18 heavy (non-hydrogen) atoms. The molecule has 0 bridgehead atoms. The van der Waals surface area contributed by atoms with Crippen LogP contribution < -0.4 is 5.32 Å². The van der Waals surface area contributed by atoms with E-state index in [4.69, 9.17) is 0 Å². The number of aromatic nitrogens is 1. The van der Waals surface area contributed by atoms with Crippen molar-refractivity contribution in [1.82, 2.24) is 10.3 Å². The predicted octanol–water partition coefficient (Wildman–Crippen LogP) is 3.21. The minimum Gasteiger partial charge on any atom is -0.317 e. The van der Waals surface area contributed by atoms with Gasteiger partial charge < -0.3 is 5.32 Å². The maximum absolute atomic E-state index is 4.53. The number of likely N-dealkylation sites (N-methyl/N-ethyl adjacent to an activating group) is 1. The molecule has 0 spiro atoms. The molecule has 0 saturated carbocycles. The smallest absolute Gasteiger partial charge is 0.0897 e. The van der Waals surface area contributed by atoms with E-state index in [0.717, 1.165) is 24.3 Å². The summed E-state index contributed by atoms with van der Waals surface area (Å²) in [5.41, 5.74) is 2.62. The first-order valence-electron chi connectivity index (χ1n) is 6.40. The molecular formula is C15H20N2S. The van der Waals surface area contributed by atoms with E-state index in [9.17, 15) is 0 Å². The minimum absolute atomic E-state index is 0.506. The molecule has 0 aliphatic rings. The van der Waals surface area contributed by atoms with Crippen LogP contribution in [0.3, 0.4) is 0 Å². The fraction of sp³-hybridized carbons (Fsp3) is 0.400. The lowest BCUT2D eigenvalue weighted by Crippen LogP contribution is -2.28. The van der Waals surface area contributed by atoms with Gasteiger partial charge in [0, 0.05) is 17.8 Å². The van der Waals surface area contributed by atoms with Crippen LogP contribution in [0.4, 0.5) is 0 Å². The van der Waals surface area contributed by atoms with Gasteiger partial charge in [-0.05, 0) is 32.4 Å². The maximum atomic E-state index is 4.53. The van der Waals surface area contributed by atoms with Crippen LogP contribution >= 0.6 is 11.3 Å². The third-order valence-corrected chi connectivity index (χ3v) is 3.98. The Morgan fingerprint density at radius 1 is 1.28 bits per heavy atom. The number of aryl methyl sites for hydroxylation is 2. The van der Waals surface area contributed by atoms with E-state index in [1.54, 1.807) is 11.3 Å². The van der Waals surface area contributed by atoms with Crippen LogP contribution in [0.15, 0.2) is 35.7 Å². The van der Waals surface area contributed by atoms with Crippen molar-refractivity contribution < 1.29 is 0 Å². The van der Waals surface area contributed by atoms with Crippen LogP contribution in [0, 0.1) is 6.92 Å². The van der Waals surface area contributed by atoms with E-state index in [0.29, 0.717) is 6.04 Å². The van der Waals surface area contributed by atoms with E-state index < -0.39 is 0 Å². The molecule has 2 nitrogen and oxygen atoms in total. The number of nitrogens with one attached hydrogen (secondary N) is 1. The molecule has 0 aliphatic heterocycles. The van der Waals surface area contributed by atoms with Gasteiger partial charge in [-0.2, -0.15) is 0 Å². The van der Waals surface area contributed by atoms with Crippen molar-refractivity contribution in [3.8, 4) is 0 Å². The van der Waals surface area contributed by atoms with Crippen molar-refractivity contribution in [3.05, 3.63) is 52.0 Å². The minimum atomic E-state index is 0.506. The fourth-order valence-corrected chi connectivity index (χ4v) is 2.71. The summed E-state index contributed by atoms with van der Waals surface area (Å²) in [7, 11) is 2.04. The lowest BCUT2D eigenvalue weighted by atomic mass is 10.0. The number of thiazole rings is 1. The third kappa shape index (κ3) is 3.93. The van der Waals surface area contributed by atoms with Crippen molar-refractivity contribution in [2.45, 2.75) is 32.2 Å². The standard InChI is InChI=1S/C15H20N2S/c1-12-17-15(11-18-12)10-14(16-2)9-8-13-6-4-3-5-7-13/h3-7,11,14,16H,8-10H2,1-2H3. The van der Waals surface area contributed by atoms with Gasteiger partial charge in [-0.25, -0.2) is 4.98 Å². The van der Waals surface area contributed by atoms with Crippen LogP contribution in [0.25, 0.3) is 0 Å². The highest BCUT2D eigenvalue weighted by atomic mass is 32.1. The highest BCUT2D eigenvalue weighted by Gasteiger charge is 2.09. The first-order chi connectivity index (χ1) is 8.78. The highest BCUT2D eigenvalue weighted by molar-refractivity contribution is 7.09. The summed E-state index contributed by atoms with van der Waals surface area (Å²) in [6, 6.07) is 11.2. The van der Waals surface area contributed by atoms with E-state index in [-0.39, 0.29) is 0 Å². The monoisotopic (exact) mass is 260 g/mol. The molecule has 0 fully saturated rings. The van der Waals surface area contributed by atoms with Crippen LogP contribution in [-0.4, -0.2) is 18.1 Å². The summed E-state index contributed by atoms with van der Waals surface area (Å²) in [5.74, 6) is 0. The normalized spacial score (nSPS) is 12.6. The number of nitrogens with zero attached hydrogens (tertiary/aromatic N) is 1. The van der Waals surface area contributed by atoms with Gasteiger partial charge in [0.15, 0.2) is 0 Å². The topological polar surface area (TPSA) is 24.9 Å². The molecule has 2 rings (SSSR count). The van der Waals surface area contributed by atoms with Gasteiger partial charge >= 0.3 is 0 Å². The summed E-state index contributed by atoms with van der Waals surface area (Å²) in [6.45, 7) is 2.06. The second-order valence-corrected chi connectivity index (χ2v) is 5.63. The van der Waals surface area contributed by atoms with E-state index in [1.807, 2.05) is 7.05 Å². The average molecular weight is 260 g/mol. The molecule has 2 aromatic rings. The lowest BCUT2D eigenvalue weighted by Gasteiger charge is -2.14. The lowest BCUT2D eigenvalue weighted by molar-refractivity contribution is 0.516. The molecule has 0 amide bonds. The Kier molecular flexibility index (Phi) is 4.90. The number of rotatable bonds is 6. The number of hydrogen-bond donors (Lipinski definition) is 1. The predicted molar refractivity (Wildman–Crippen MR) is 78.2 cm³/mol. The van der Waals surface area contributed by atoms with Gasteiger partial charge in [0.1, 0.15) is 0 Å². The maximum Gasteiger partial charge on any atom is 0.0897 e. The zero-order chi connectivity index (χ0) is 12.8. The zero-order valence-electron chi connectivity index (χ0n) is 11.0. The molecule has 1 heterocycles. The third-order valence-electron chi connectivity index (χ3n) is 3.15. The second-order valence-electron chi connectivity index (χ2n) is 4.57. The first kappa shape index (κ1) is 13.2. The summed E-state index contributed by atoms with van der Waals surface area (Å²) < 4.78 is 0. The molecule has 96 valence electrons. The second kappa shape index (κ2) is 6.66. The van der Waals surface area contributed by atoms with Gasteiger partial charge in [0.05, 0.1) is 10.7 Å². The van der Waals surface area contributed by atoms with Gasteiger partial charge in [0.25, 0.3) is 0 Å². The Labute approximate surface area is 113 Å². The van der Waals surface area contributed by atoms with E-state index >= 15 is 0 Å². The Bertz CT molecular complexity index is 464. The molecule has 3 heteroatoms. The molecule has 0 saturated heterocycles. The van der Waals surface area contributed by atoms with Gasteiger partial charge in [0.2, 0.25) is 0 Å². The van der Waals surface area contributed by atoms with E-state index in [2.05, 4.69) is 52.9 Å². The Morgan fingerprint density at radius 2 is 2.06 bits per heavy atom. The Balaban J connectivity index is 1.86. The molecule has 0 aliphatic carbocycles. The summed E-state index contributed by atoms with van der Waals surface area (Å²) >= 11 is 1.73. The van der Waals surface area contributed by atoms with Crippen LogP contribution in [0.2, 0.25) is 0 Å². The summed E-state index contributed by atoms with van der Waals surface area (Å²) in [6.07, 6.45) is 3.29. The number of hydrogen-bond acceptors (Lipinski definition) is 3. The molecule has 1 unspecified atom stereocenters. The van der Waals surface area contributed by atoms with E-state index in [1.165, 1.54) is 11.3 Å². The largest absolute Gasteiger partial charge is 0.317 e. The Hall–Kier alpha value is -1.19. The van der Waals surface area contributed by atoms with Crippen molar-refractivity contribution in [2.75, 3.05) is 7.05 Å². The van der Waals surface area contributed by atoms with Crippen LogP contribution in [0.5, 0.6) is 0 Å². The van der Waals surface area contributed by atoms with Gasteiger partial charge in [-0.3, -0.25) is 0 Å². The van der Waals surface area contributed by atoms with Gasteiger partial charge in [-0.1, -0.05) is 30.3 Å². The molecular weight excluding hydrogens is 240 g/mol. The highest BCUT2D eigenvalue weighted by Crippen LogP contribution is 2.12. The van der Waals surface area contributed by atoms with Crippen LogP contribution in [-0.2, 0) is 12.8 Å². The Morgan fingerprint density at radius 3 is 2.67 bits per heavy atom. The molecule has 1 N–H and O–H groups in total. The summed E-state index contributed by atoms with van der Waals surface area (Å²) in [5, 5.41) is 6.72. The molecule has 1 atom stereocenters. The van der Waals surface area contributed by atoms with Crippen molar-refractivity contribution in [1.29, 1.82) is 0 Å². The summed E-state index contributed by atoms with van der Waals surface area (Å²) in [4.78, 5) is 4.53. The van der Waals surface area contributed by atoms with Crippen molar-refractivity contribution >= 4 is 11.3 Å². The molecule has 1 aromatic carbocycles. The molecule has 0 radical (unpaired) electrons.